The number of nitrogens with zero attached hydrogens (tertiary/aromatic N) is 2. The zero-order valence-electron chi connectivity index (χ0n) is 15.4. The zero-order valence-corrected chi connectivity index (χ0v) is 17.0. The lowest BCUT2D eigenvalue weighted by Crippen LogP contribution is -2.13. The Morgan fingerprint density at radius 1 is 1.31 bits per heavy atom. The minimum Gasteiger partial charge on any atom is -0.467 e. The van der Waals surface area contributed by atoms with Crippen LogP contribution in [0.2, 0.25) is 0 Å². The van der Waals surface area contributed by atoms with Crippen LogP contribution in [-0.2, 0) is 29.9 Å². The predicted octanol–water partition coefficient (Wildman–Crippen LogP) is 3.93. The quantitative estimate of drug-likeness (QED) is 0.289. The number of H-pyrrole nitrogens is 1. The molecular formula is C19H17N3O5S2. The van der Waals surface area contributed by atoms with Gasteiger partial charge in [0.15, 0.2) is 11.9 Å². The molecule has 0 bridgehead atoms. The van der Waals surface area contributed by atoms with Gasteiger partial charge in [-0.25, -0.2) is 4.98 Å². The number of non-ortho nitro benzene ring substituents is 1. The van der Waals surface area contributed by atoms with Crippen molar-refractivity contribution in [1.29, 1.82) is 0 Å². The lowest BCUT2D eigenvalue weighted by atomic mass is 9.97. The van der Waals surface area contributed by atoms with Gasteiger partial charge in [0.25, 0.3) is 11.2 Å². The lowest BCUT2D eigenvalue weighted by Gasteiger charge is -2.20. The molecule has 8 nitrogen and oxygen atoms in total. The maximum absolute atomic E-state index is 12.7. The number of hydrogen-bond donors (Lipinski definition) is 1. The molecule has 2 aliphatic rings. The molecule has 150 valence electrons. The average molecular weight is 431 g/mol. The molecule has 0 radical (unpaired) electrons. The summed E-state index contributed by atoms with van der Waals surface area (Å²) in [5.74, 6) is 1.01. The molecule has 1 aromatic carbocycles. The van der Waals surface area contributed by atoms with Gasteiger partial charge >= 0.3 is 0 Å². The molecule has 0 amide bonds. The number of nitro groups is 1. The van der Waals surface area contributed by atoms with E-state index in [0.29, 0.717) is 27.8 Å². The number of aromatic nitrogens is 2. The minimum atomic E-state index is -0.425. The highest BCUT2D eigenvalue weighted by atomic mass is 32.2. The maximum Gasteiger partial charge on any atom is 0.270 e. The van der Waals surface area contributed by atoms with Gasteiger partial charge < -0.3 is 14.5 Å². The normalized spacial score (nSPS) is 15.6. The van der Waals surface area contributed by atoms with Crippen LogP contribution in [0.1, 0.15) is 34.4 Å². The van der Waals surface area contributed by atoms with E-state index < -0.39 is 4.92 Å². The molecule has 1 N–H and O–H groups in total. The van der Waals surface area contributed by atoms with E-state index in [4.69, 9.17) is 9.47 Å². The van der Waals surface area contributed by atoms with E-state index in [-0.39, 0.29) is 24.6 Å². The van der Waals surface area contributed by atoms with Gasteiger partial charge in [-0.2, -0.15) is 0 Å². The summed E-state index contributed by atoms with van der Waals surface area (Å²) in [6, 6.07) is 2.99. The minimum absolute atomic E-state index is 0.00344. The number of thiophene rings is 1. The molecule has 0 spiro atoms. The van der Waals surface area contributed by atoms with Gasteiger partial charge in [-0.15, -0.1) is 11.3 Å². The Balaban J connectivity index is 1.47. The van der Waals surface area contributed by atoms with Gasteiger partial charge in [-0.05, 0) is 31.2 Å². The molecule has 0 saturated carbocycles. The summed E-state index contributed by atoms with van der Waals surface area (Å²) in [5.41, 5.74) is 2.39. The summed E-state index contributed by atoms with van der Waals surface area (Å²) in [6.07, 6.45) is 4.21. The smallest absolute Gasteiger partial charge is 0.270 e. The molecule has 0 atom stereocenters. The van der Waals surface area contributed by atoms with Gasteiger partial charge in [0.2, 0.25) is 0 Å². The summed E-state index contributed by atoms with van der Waals surface area (Å²) in [6.45, 7) is 0.390. The molecule has 0 unspecified atom stereocenters. The van der Waals surface area contributed by atoms with E-state index in [1.165, 1.54) is 28.8 Å². The van der Waals surface area contributed by atoms with Crippen LogP contribution in [0.4, 0.5) is 5.69 Å². The molecule has 29 heavy (non-hydrogen) atoms. The van der Waals surface area contributed by atoms with Crippen molar-refractivity contribution in [3.05, 3.63) is 54.2 Å². The second-order valence-corrected chi connectivity index (χ2v) is 9.06. The van der Waals surface area contributed by atoms with E-state index in [9.17, 15) is 14.9 Å². The topological polar surface area (TPSA) is 107 Å². The van der Waals surface area contributed by atoms with Crippen LogP contribution in [0.15, 0.2) is 22.1 Å². The number of aryl methyl sites for hydroxylation is 2. The van der Waals surface area contributed by atoms with Gasteiger partial charge in [0.05, 0.1) is 16.9 Å². The van der Waals surface area contributed by atoms with E-state index in [2.05, 4.69) is 9.97 Å². The summed E-state index contributed by atoms with van der Waals surface area (Å²) < 4.78 is 10.8. The van der Waals surface area contributed by atoms with Gasteiger partial charge in [0, 0.05) is 33.9 Å². The second kappa shape index (κ2) is 7.43. The van der Waals surface area contributed by atoms with Gasteiger partial charge in [0.1, 0.15) is 10.6 Å². The molecule has 3 aromatic rings. The van der Waals surface area contributed by atoms with Crippen LogP contribution < -0.4 is 10.3 Å². The lowest BCUT2D eigenvalue weighted by molar-refractivity contribution is -0.385. The Kier molecular flexibility index (Phi) is 4.76. The molecule has 3 heterocycles. The monoisotopic (exact) mass is 431 g/mol. The van der Waals surface area contributed by atoms with Gasteiger partial charge in [-0.1, -0.05) is 11.8 Å². The van der Waals surface area contributed by atoms with Crippen molar-refractivity contribution in [3.8, 4) is 5.75 Å². The second-order valence-electron chi connectivity index (χ2n) is 7.01. The Morgan fingerprint density at radius 3 is 3.03 bits per heavy atom. The van der Waals surface area contributed by atoms with Crippen molar-refractivity contribution in [3.63, 3.8) is 0 Å². The first-order valence-corrected chi connectivity index (χ1v) is 11.1. The van der Waals surface area contributed by atoms with Crippen LogP contribution in [0.3, 0.4) is 0 Å². The number of benzene rings is 1. The number of hydrogen-bond acceptors (Lipinski definition) is 8. The van der Waals surface area contributed by atoms with Crippen molar-refractivity contribution >= 4 is 39.0 Å². The van der Waals surface area contributed by atoms with E-state index >= 15 is 0 Å². The van der Waals surface area contributed by atoms with Crippen LogP contribution in [-0.4, -0.2) is 21.7 Å². The molecular weight excluding hydrogens is 414 g/mol. The third-order valence-corrected chi connectivity index (χ3v) is 7.26. The highest BCUT2D eigenvalue weighted by Gasteiger charge is 2.22. The number of nitro benzene ring substituents is 1. The van der Waals surface area contributed by atoms with Crippen molar-refractivity contribution in [2.45, 2.75) is 43.2 Å². The van der Waals surface area contributed by atoms with E-state index in [1.54, 1.807) is 11.3 Å². The van der Waals surface area contributed by atoms with Crippen LogP contribution in [0.25, 0.3) is 10.2 Å². The predicted molar refractivity (Wildman–Crippen MR) is 110 cm³/mol. The van der Waals surface area contributed by atoms with Crippen LogP contribution in [0, 0.1) is 10.1 Å². The summed E-state index contributed by atoms with van der Waals surface area (Å²) in [7, 11) is 0. The first-order valence-electron chi connectivity index (χ1n) is 9.28. The number of thioether (sulfide) groups is 1. The van der Waals surface area contributed by atoms with Crippen LogP contribution in [0.5, 0.6) is 5.75 Å². The Bertz CT molecular complexity index is 1190. The summed E-state index contributed by atoms with van der Waals surface area (Å²) >= 11 is 2.94. The largest absolute Gasteiger partial charge is 0.467 e. The highest BCUT2D eigenvalue weighted by Crippen LogP contribution is 2.37. The standard InChI is InChI=1S/C19H17N3O5S2/c23-17-15-13-3-1-2-4-14(13)29-18(15)21-19(20-17)28-8-11-6-12(22(24)25)5-10-7-26-9-27-16(10)11/h5-6H,1-4,7-9H2,(H,20,21,23). The first kappa shape index (κ1) is 18.6. The van der Waals surface area contributed by atoms with Crippen LogP contribution >= 0.6 is 23.1 Å². The SMILES string of the molecule is O=c1[nH]c(SCc2cc([N+](=O)[O-])cc3c2OCOC3)nc2sc3c(c12)CCCC3. The number of nitrogens with one attached hydrogen (secondary N) is 1. The molecule has 1 aliphatic carbocycles. The molecule has 10 heteroatoms. The zero-order chi connectivity index (χ0) is 20.0. The van der Waals surface area contributed by atoms with E-state index in [0.717, 1.165) is 41.5 Å². The van der Waals surface area contributed by atoms with Crippen molar-refractivity contribution in [1.82, 2.24) is 9.97 Å². The highest BCUT2D eigenvalue weighted by molar-refractivity contribution is 7.98. The molecule has 5 rings (SSSR count). The average Bonchev–Trinajstić information content (AvgIpc) is 3.10. The molecule has 0 saturated heterocycles. The molecule has 0 fully saturated rings. The number of ether oxygens (including phenoxy) is 2. The first-order chi connectivity index (χ1) is 14.1. The molecule has 1 aliphatic heterocycles. The summed E-state index contributed by atoms with van der Waals surface area (Å²) in [5, 5.41) is 12.5. The number of fused-ring (bicyclic) bond motifs is 4. The number of aromatic amines is 1. The van der Waals surface area contributed by atoms with Crippen molar-refractivity contribution in [2.24, 2.45) is 0 Å². The number of rotatable bonds is 4. The fourth-order valence-electron chi connectivity index (χ4n) is 3.85. The fraction of sp³-hybridized carbons (Fsp3) is 0.368. The van der Waals surface area contributed by atoms with Crippen molar-refractivity contribution < 1.29 is 14.4 Å². The fourth-order valence-corrected chi connectivity index (χ4v) is 6.00. The maximum atomic E-state index is 12.7. The summed E-state index contributed by atoms with van der Waals surface area (Å²) in [4.78, 5) is 33.1. The third-order valence-electron chi connectivity index (χ3n) is 5.15. The Hall–Kier alpha value is -2.43. The van der Waals surface area contributed by atoms with Gasteiger partial charge in [-0.3, -0.25) is 14.9 Å². The Labute approximate surface area is 173 Å². The van der Waals surface area contributed by atoms with E-state index in [1.807, 2.05) is 0 Å². The van der Waals surface area contributed by atoms with Crippen molar-refractivity contribution in [2.75, 3.05) is 6.79 Å². The third kappa shape index (κ3) is 3.41. The molecule has 2 aromatic heterocycles. The Morgan fingerprint density at radius 2 is 2.17 bits per heavy atom.